The zero-order chi connectivity index (χ0) is 13.3. The summed E-state index contributed by atoms with van der Waals surface area (Å²) >= 11 is 0. The molecule has 0 radical (unpaired) electrons. The lowest BCUT2D eigenvalue weighted by Crippen LogP contribution is -2.51. The summed E-state index contributed by atoms with van der Waals surface area (Å²) in [5, 5.41) is 0. The van der Waals surface area contributed by atoms with Gasteiger partial charge in [-0.25, -0.2) is 4.98 Å². The third kappa shape index (κ3) is 2.47. The number of hydrogen-bond donors (Lipinski definition) is 0. The lowest BCUT2D eigenvalue weighted by Gasteiger charge is -2.34. The van der Waals surface area contributed by atoms with Crippen LogP contribution in [0.2, 0.25) is 0 Å². The molecule has 2 rings (SSSR count). The van der Waals surface area contributed by atoms with Crippen LogP contribution in [0.3, 0.4) is 0 Å². The minimum Gasteiger partial charge on any atom is -0.365 e. The van der Waals surface area contributed by atoms with E-state index < -0.39 is 24.4 Å². The smallest absolute Gasteiger partial charge is 0.365 e. The Morgan fingerprint density at radius 3 is 2.89 bits per heavy atom. The molecule has 2 heterocycles. The third-order valence-corrected chi connectivity index (χ3v) is 2.73. The zero-order valence-electron chi connectivity index (χ0n) is 9.65. The van der Waals surface area contributed by atoms with E-state index in [1.807, 2.05) is 0 Å². The minimum atomic E-state index is -4.43. The molecule has 0 spiro atoms. The Balaban J connectivity index is 2.24. The molecule has 0 amide bonds. The van der Waals surface area contributed by atoms with Crippen molar-refractivity contribution < 1.29 is 17.9 Å². The molecular weight excluding hydrogens is 251 g/mol. The van der Waals surface area contributed by atoms with Crippen LogP contribution in [0, 0.1) is 0 Å². The first-order valence-electron chi connectivity index (χ1n) is 5.34. The Bertz CT molecular complexity index is 486. The van der Waals surface area contributed by atoms with Crippen molar-refractivity contribution in [2.45, 2.75) is 12.3 Å². The molecule has 0 bridgehead atoms. The van der Waals surface area contributed by atoms with E-state index in [1.54, 1.807) is 0 Å². The van der Waals surface area contributed by atoms with Gasteiger partial charge in [0, 0.05) is 26.0 Å². The molecule has 1 atom stereocenters. The molecule has 1 aromatic rings. The molecule has 1 aromatic heterocycles. The maximum absolute atomic E-state index is 12.6. The average molecular weight is 263 g/mol. The number of aryl methyl sites for hydroxylation is 1. The second kappa shape index (κ2) is 4.60. The first kappa shape index (κ1) is 12.9. The number of rotatable bonds is 1. The van der Waals surface area contributed by atoms with Gasteiger partial charge in [-0.2, -0.15) is 13.2 Å². The summed E-state index contributed by atoms with van der Waals surface area (Å²) in [5.74, 6) is 0.0255. The molecule has 5 nitrogen and oxygen atoms in total. The largest absolute Gasteiger partial charge is 0.416 e. The second-order valence-electron chi connectivity index (χ2n) is 4.01. The van der Waals surface area contributed by atoms with E-state index >= 15 is 0 Å². The van der Waals surface area contributed by atoms with E-state index in [4.69, 9.17) is 0 Å². The van der Waals surface area contributed by atoms with Crippen molar-refractivity contribution in [3.63, 3.8) is 0 Å². The highest BCUT2D eigenvalue weighted by Crippen LogP contribution is 2.26. The summed E-state index contributed by atoms with van der Waals surface area (Å²) in [5.41, 5.74) is -0.416. The Labute approximate surface area is 101 Å². The summed E-state index contributed by atoms with van der Waals surface area (Å²) in [6.07, 6.45) is -3.47. The Morgan fingerprint density at radius 2 is 2.22 bits per heavy atom. The van der Waals surface area contributed by atoms with Crippen LogP contribution >= 0.6 is 0 Å². The fourth-order valence-corrected chi connectivity index (χ4v) is 1.74. The molecule has 0 saturated carbocycles. The predicted octanol–water partition coefficient (Wildman–Crippen LogP) is 0.548. The van der Waals surface area contributed by atoms with Crippen LogP contribution in [-0.4, -0.2) is 41.5 Å². The quantitative estimate of drug-likeness (QED) is 0.742. The number of aromatic nitrogens is 2. The number of halogens is 3. The van der Waals surface area contributed by atoms with Crippen LogP contribution in [0.5, 0.6) is 0 Å². The molecule has 1 aliphatic heterocycles. The molecule has 8 heteroatoms. The number of morpholine rings is 1. The van der Waals surface area contributed by atoms with Gasteiger partial charge in [-0.15, -0.1) is 0 Å². The Morgan fingerprint density at radius 1 is 1.50 bits per heavy atom. The molecule has 100 valence electrons. The topological polar surface area (TPSA) is 47.4 Å². The summed E-state index contributed by atoms with van der Waals surface area (Å²) in [6.45, 7) is -0.265. The molecule has 1 saturated heterocycles. The maximum Gasteiger partial charge on any atom is 0.416 e. The van der Waals surface area contributed by atoms with Crippen molar-refractivity contribution in [1.82, 2.24) is 9.55 Å². The van der Waals surface area contributed by atoms with E-state index in [-0.39, 0.29) is 19.0 Å². The van der Waals surface area contributed by atoms with Gasteiger partial charge in [0.2, 0.25) is 0 Å². The predicted molar refractivity (Wildman–Crippen MR) is 57.5 cm³/mol. The lowest BCUT2D eigenvalue weighted by molar-refractivity contribution is -0.221. The highest BCUT2D eigenvalue weighted by atomic mass is 19.4. The van der Waals surface area contributed by atoms with Crippen LogP contribution < -0.4 is 10.5 Å². The summed E-state index contributed by atoms with van der Waals surface area (Å²) < 4.78 is 43.6. The van der Waals surface area contributed by atoms with Gasteiger partial charge in [0.1, 0.15) is 0 Å². The maximum atomic E-state index is 12.6. The molecule has 18 heavy (non-hydrogen) atoms. The Kier molecular flexibility index (Phi) is 3.29. The van der Waals surface area contributed by atoms with Crippen molar-refractivity contribution >= 4 is 5.82 Å². The zero-order valence-corrected chi connectivity index (χ0v) is 9.65. The number of nitrogens with zero attached hydrogens (tertiary/aromatic N) is 3. The average Bonchev–Trinajstić information content (AvgIpc) is 2.32. The van der Waals surface area contributed by atoms with Gasteiger partial charge in [0.15, 0.2) is 11.9 Å². The van der Waals surface area contributed by atoms with E-state index in [9.17, 15) is 18.0 Å². The van der Waals surface area contributed by atoms with Gasteiger partial charge in [0.05, 0.1) is 13.2 Å². The van der Waals surface area contributed by atoms with E-state index in [2.05, 4.69) is 9.72 Å². The molecular formula is C10H12F3N3O2. The molecule has 1 fully saturated rings. The van der Waals surface area contributed by atoms with Crippen molar-refractivity contribution in [1.29, 1.82) is 0 Å². The SMILES string of the molecule is Cn1ccnc(N2CCO[C@@H](C(F)(F)F)C2)c1=O. The number of hydrogen-bond acceptors (Lipinski definition) is 4. The van der Waals surface area contributed by atoms with Crippen molar-refractivity contribution in [3.05, 3.63) is 22.7 Å². The van der Waals surface area contributed by atoms with Gasteiger partial charge in [-0.3, -0.25) is 4.79 Å². The fraction of sp³-hybridized carbons (Fsp3) is 0.600. The first-order valence-corrected chi connectivity index (χ1v) is 5.34. The van der Waals surface area contributed by atoms with Gasteiger partial charge < -0.3 is 14.2 Å². The molecule has 0 N–H and O–H groups in total. The highest BCUT2D eigenvalue weighted by molar-refractivity contribution is 5.36. The monoisotopic (exact) mass is 263 g/mol. The van der Waals surface area contributed by atoms with Gasteiger partial charge in [0.25, 0.3) is 5.56 Å². The molecule has 0 aromatic carbocycles. The first-order chi connectivity index (χ1) is 8.39. The number of anilines is 1. The van der Waals surface area contributed by atoms with E-state index in [0.717, 1.165) is 0 Å². The van der Waals surface area contributed by atoms with Crippen molar-refractivity contribution in [2.75, 3.05) is 24.6 Å². The molecule has 1 aliphatic rings. The van der Waals surface area contributed by atoms with Crippen LogP contribution in [0.15, 0.2) is 17.2 Å². The van der Waals surface area contributed by atoms with E-state index in [0.29, 0.717) is 0 Å². The molecule has 0 aliphatic carbocycles. The van der Waals surface area contributed by atoms with Crippen molar-refractivity contribution in [2.24, 2.45) is 7.05 Å². The number of ether oxygens (including phenoxy) is 1. The second-order valence-corrected chi connectivity index (χ2v) is 4.01. The summed E-state index contributed by atoms with van der Waals surface area (Å²) in [7, 11) is 1.52. The van der Waals surface area contributed by atoms with Crippen LogP contribution in [0.25, 0.3) is 0 Å². The summed E-state index contributed by atoms with van der Waals surface area (Å²) in [4.78, 5) is 16.9. The number of alkyl halides is 3. The van der Waals surface area contributed by atoms with E-state index in [1.165, 1.54) is 28.9 Å². The van der Waals surface area contributed by atoms with Gasteiger partial charge in [-0.05, 0) is 0 Å². The lowest BCUT2D eigenvalue weighted by atomic mass is 10.2. The normalized spacial score (nSPS) is 21.1. The summed E-state index contributed by atoms with van der Waals surface area (Å²) in [6, 6.07) is 0. The van der Waals surface area contributed by atoms with Crippen LogP contribution in [0.4, 0.5) is 19.0 Å². The van der Waals surface area contributed by atoms with Crippen LogP contribution in [-0.2, 0) is 11.8 Å². The molecule has 0 unspecified atom stereocenters. The third-order valence-electron chi connectivity index (χ3n) is 2.73. The highest BCUT2D eigenvalue weighted by Gasteiger charge is 2.43. The minimum absolute atomic E-state index is 0.0255. The van der Waals surface area contributed by atoms with Crippen molar-refractivity contribution in [3.8, 4) is 0 Å². The van der Waals surface area contributed by atoms with Gasteiger partial charge in [-0.1, -0.05) is 0 Å². The Hall–Kier alpha value is -1.57. The standard InChI is InChI=1S/C10H12F3N3O2/c1-15-3-2-14-8(9(15)17)16-4-5-18-7(6-16)10(11,12)13/h2-3,7H,4-6H2,1H3/t7-/m1/s1. The fourth-order valence-electron chi connectivity index (χ4n) is 1.74. The van der Waals surface area contributed by atoms with Crippen LogP contribution in [0.1, 0.15) is 0 Å². The van der Waals surface area contributed by atoms with Gasteiger partial charge >= 0.3 is 6.18 Å².